The minimum absolute atomic E-state index is 0.101. The van der Waals surface area contributed by atoms with Crippen LogP contribution in [0.5, 0.6) is 11.5 Å². The summed E-state index contributed by atoms with van der Waals surface area (Å²) in [5, 5.41) is 11.3. The van der Waals surface area contributed by atoms with Crippen molar-refractivity contribution in [2.45, 2.75) is 11.8 Å². The number of rotatable bonds is 4. The Morgan fingerprint density at radius 2 is 1.86 bits per heavy atom. The summed E-state index contributed by atoms with van der Waals surface area (Å²) in [6, 6.07) is 9.43. The fourth-order valence-electron chi connectivity index (χ4n) is 1.87. The van der Waals surface area contributed by atoms with Gasteiger partial charge in [0.2, 0.25) is 5.75 Å². The number of sulfone groups is 1. The van der Waals surface area contributed by atoms with Crippen molar-refractivity contribution in [2.75, 3.05) is 6.26 Å². The van der Waals surface area contributed by atoms with Gasteiger partial charge in [-0.1, -0.05) is 12.1 Å². The van der Waals surface area contributed by atoms with Crippen molar-refractivity contribution < 1.29 is 18.1 Å². The van der Waals surface area contributed by atoms with Crippen LogP contribution < -0.4 is 4.74 Å². The van der Waals surface area contributed by atoms with Crippen LogP contribution in [0.15, 0.2) is 41.3 Å². The van der Waals surface area contributed by atoms with Crippen molar-refractivity contribution in [1.82, 2.24) is 0 Å². The Morgan fingerprint density at radius 3 is 2.45 bits per heavy atom. The van der Waals surface area contributed by atoms with Crippen LogP contribution in [-0.4, -0.2) is 19.6 Å². The summed E-state index contributed by atoms with van der Waals surface area (Å²) in [6.07, 6.45) is 0.926. The first-order valence-corrected chi connectivity index (χ1v) is 9.08. The molecule has 116 valence electrons. The van der Waals surface area contributed by atoms with E-state index in [4.69, 9.17) is 4.74 Å². The fraction of sp³-hybridized carbons (Fsp3) is 0.143. The fourth-order valence-corrected chi connectivity index (χ4v) is 3.17. The molecule has 0 saturated carbocycles. The molecule has 0 unspecified atom stereocenters. The van der Waals surface area contributed by atoms with Gasteiger partial charge in [0.1, 0.15) is 10.6 Å². The van der Waals surface area contributed by atoms with Gasteiger partial charge in [0, 0.05) is 6.26 Å². The number of nitrogens with zero attached hydrogens (tertiary/aromatic N) is 1. The summed E-state index contributed by atoms with van der Waals surface area (Å²) in [7, 11) is -3.74. The predicted octanol–water partition coefficient (Wildman–Crippen LogP) is 3.70. The van der Waals surface area contributed by atoms with E-state index in [1.807, 2.05) is 41.6 Å². The largest absolute Gasteiger partial charge is 0.449 e. The van der Waals surface area contributed by atoms with E-state index in [1.54, 1.807) is 6.07 Å². The van der Waals surface area contributed by atoms with E-state index >= 15 is 0 Å². The highest BCUT2D eigenvalue weighted by Crippen LogP contribution is 2.38. The maximum Gasteiger partial charge on any atom is 0.330 e. The lowest BCUT2D eigenvalue weighted by atomic mass is 10.2. The molecule has 2 aromatic carbocycles. The lowest BCUT2D eigenvalue weighted by Gasteiger charge is -2.10. The molecule has 2 rings (SSSR count). The van der Waals surface area contributed by atoms with Gasteiger partial charge in [0.15, 0.2) is 9.84 Å². The monoisotopic (exact) mass is 433 g/mol. The van der Waals surface area contributed by atoms with E-state index in [0.717, 1.165) is 15.4 Å². The molecule has 0 saturated heterocycles. The molecule has 6 nitrogen and oxygen atoms in total. The minimum atomic E-state index is -3.74. The second kappa shape index (κ2) is 6.21. The Hall–Kier alpha value is -1.68. The molecule has 0 aliphatic heterocycles. The molecule has 0 N–H and O–H groups in total. The van der Waals surface area contributed by atoms with Crippen LogP contribution >= 0.6 is 22.6 Å². The van der Waals surface area contributed by atoms with Gasteiger partial charge in [0.25, 0.3) is 0 Å². The highest BCUT2D eigenvalue weighted by molar-refractivity contribution is 14.1. The van der Waals surface area contributed by atoms with Crippen LogP contribution in [0.25, 0.3) is 0 Å². The zero-order chi connectivity index (χ0) is 16.5. The topological polar surface area (TPSA) is 86.5 Å². The van der Waals surface area contributed by atoms with Crippen molar-refractivity contribution in [3.05, 3.63) is 55.6 Å². The van der Waals surface area contributed by atoms with Crippen molar-refractivity contribution in [1.29, 1.82) is 0 Å². The minimum Gasteiger partial charge on any atom is -0.449 e. The van der Waals surface area contributed by atoms with E-state index < -0.39 is 20.4 Å². The average Bonchev–Trinajstić information content (AvgIpc) is 2.41. The van der Waals surface area contributed by atoms with E-state index in [-0.39, 0.29) is 10.6 Å². The van der Waals surface area contributed by atoms with Gasteiger partial charge in [-0.05, 0) is 59.3 Å². The van der Waals surface area contributed by atoms with E-state index in [1.165, 1.54) is 18.2 Å². The van der Waals surface area contributed by atoms with Gasteiger partial charge in [-0.15, -0.1) is 0 Å². The van der Waals surface area contributed by atoms with Crippen LogP contribution in [0.4, 0.5) is 5.69 Å². The quantitative estimate of drug-likeness (QED) is 0.417. The molecule has 0 aliphatic carbocycles. The maximum absolute atomic E-state index is 11.7. The van der Waals surface area contributed by atoms with Crippen molar-refractivity contribution in [3.8, 4) is 11.5 Å². The van der Waals surface area contributed by atoms with Gasteiger partial charge in [-0.3, -0.25) is 10.1 Å². The maximum atomic E-state index is 11.7. The van der Waals surface area contributed by atoms with Crippen LogP contribution in [0.3, 0.4) is 0 Å². The standard InChI is InChI=1S/C14H12INO5S/c1-9-6-7-10(15)12(8-9)21-11-4-3-5-13(22(2,19)20)14(11)16(17)18/h3-8H,1-2H3. The number of hydrogen-bond donors (Lipinski definition) is 0. The number of halogens is 1. The third-order valence-corrected chi connectivity index (χ3v) is 4.87. The Bertz CT molecular complexity index is 848. The van der Waals surface area contributed by atoms with Gasteiger partial charge in [-0.2, -0.15) is 0 Å². The predicted molar refractivity (Wildman–Crippen MR) is 90.2 cm³/mol. The molecule has 22 heavy (non-hydrogen) atoms. The van der Waals surface area contributed by atoms with Crippen LogP contribution in [0.2, 0.25) is 0 Å². The second-order valence-corrected chi connectivity index (χ2v) is 7.81. The van der Waals surface area contributed by atoms with Crippen molar-refractivity contribution in [2.24, 2.45) is 0 Å². The molecule has 0 atom stereocenters. The van der Waals surface area contributed by atoms with Gasteiger partial charge < -0.3 is 4.74 Å². The van der Waals surface area contributed by atoms with Gasteiger partial charge in [0.05, 0.1) is 8.49 Å². The molecule has 2 aromatic rings. The molecule has 0 spiro atoms. The summed E-state index contributed by atoms with van der Waals surface area (Å²) in [5.41, 5.74) is 0.375. The number of nitro benzene ring substituents is 1. The molecule has 0 radical (unpaired) electrons. The SMILES string of the molecule is Cc1ccc(I)c(Oc2cccc(S(C)(=O)=O)c2[N+](=O)[O-])c1. The zero-order valence-electron chi connectivity index (χ0n) is 11.7. The molecule has 8 heteroatoms. The Balaban J connectivity index is 2.61. The van der Waals surface area contributed by atoms with E-state index in [2.05, 4.69) is 0 Å². The normalized spacial score (nSPS) is 11.2. The Morgan fingerprint density at radius 1 is 1.18 bits per heavy atom. The molecular weight excluding hydrogens is 421 g/mol. The summed E-state index contributed by atoms with van der Waals surface area (Å²) >= 11 is 2.04. The van der Waals surface area contributed by atoms with Crippen molar-refractivity contribution in [3.63, 3.8) is 0 Å². The Kier molecular flexibility index (Phi) is 4.71. The molecule has 0 aliphatic rings. The van der Waals surface area contributed by atoms with Crippen molar-refractivity contribution >= 4 is 38.1 Å². The first-order chi connectivity index (χ1) is 10.2. The molecule has 0 amide bonds. The number of aryl methyl sites for hydroxylation is 1. The number of benzene rings is 2. The van der Waals surface area contributed by atoms with E-state index in [0.29, 0.717) is 5.75 Å². The number of ether oxygens (including phenoxy) is 1. The molecule has 0 aromatic heterocycles. The molecule has 0 heterocycles. The van der Waals surface area contributed by atoms with E-state index in [9.17, 15) is 18.5 Å². The number of hydrogen-bond acceptors (Lipinski definition) is 5. The first kappa shape index (κ1) is 16.7. The van der Waals surface area contributed by atoms with Gasteiger partial charge in [-0.25, -0.2) is 8.42 Å². The molecular formula is C14H12INO5S. The highest BCUT2D eigenvalue weighted by atomic mass is 127. The second-order valence-electron chi connectivity index (χ2n) is 4.67. The summed E-state index contributed by atoms with van der Waals surface area (Å²) in [4.78, 5) is 10.2. The van der Waals surface area contributed by atoms with Crippen LogP contribution in [0.1, 0.15) is 5.56 Å². The lowest BCUT2D eigenvalue weighted by molar-refractivity contribution is -0.388. The van der Waals surface area contributed by atoms with Gasteiger partial charge >= 0.3 is 5.69 Å². The highest BCUT2D eigenvalue weighted by Gasteiger charge is 2.27. The van der Waals surface area contributed by atoms with Crippen LogP contribution in [0, 0.1) is 20.6 Å². The lowest BCUT2D eigenvalue weighted by Crippen LogP contribution is -2.04. The smallest absolute Gasteiger partial charge is 0.330 e. The number of para-hydroxylation sites is 1. The third-order valence-electron chi connectivity index (χ3n) is 2.85. The summed E-state index contributed by atoms with van der Waals surface area (Å²) in [6.45, 7) is 1.87. The number of nitro groups is 1. The molecule has 0 bridgehead atoms. The zero-order valence-corrected chi connectivity index (χ0v) is 14.7. The summed E-state index contributed by atoms with van der Waals surface area (Å²) in [5.74, 6) is 0.339. The first-order valence-electron chi connectivity index (χ1n) is 6.11. The summed E-state index contributed by atoms with van der Waals surface area (Å²) < 4.78 is 29.8. The Labute approximate surface area is 141 Å². The third kappa shape index (κ3) is 3.55. The average molecular weight is 433 g/mol. The van der Waals surface area contributed by atoms with Crippen LogP contribution in [-0.2, 0) is 9.84 Å². The molecule has 0 fully saturated rings.